The number of para-hydroxylation sites is 1. The summed E-state index contributed by atoms with van der Waals surface area (Å²) in [6, 6.07) is 13.7. The third-order valence-corrected chi connectivity index (χ3v) is 7.51. The molecule has 200 valence electrons. The predicted molar refractivity (Wildman–Crippen MR) is 147 cm³/mol. The van der Waals surface area contributed by atoms with Gasteiger partial charge in [0.2, 0.25) is 0 Å². The van der Waals surface area contributed by atoms with E-state index in [1.165, 1.54) is 0 Å². The summed E-state index contributed by atoms with van der Waals surface area (Å²) in [6.45, 7) is 2.70. The normalized spacial score (nSPS) is 15.9. The number of ether oxygens (including phenoxy) is 1. The maximum absolute atomic E-state index is 13.7. The molecule has 0 spiro atoms. The Hall–Kier alpha value is -3.65. The number of nitrogens with one attached hydrogen (secondary N) is 2. The van der Waals surface area contributed by atoms with Gasteiger partial charge in [0.25, 0.3) is 11.5 Å². The van der Waals surface area contributed by atoms with E-state index < -0.39 is 5.54 Å². The Morgan fingerprint density at radius 2 is 1.97 bits per heavy atom. The Labute approximate surface area is 223 Å². The van der Waals surface area contributed by atoms with Gasteiger partial charge < -0.3 is 20.5 Å². The molecule has 0 unspecified atom stereocenters. The van der Waals surface area contributed by atoms with Crippen molar-refractivity contribution in [2.24, 2.45) is 0 Å². The number of aryl methyl sites for hydroxylation is 1. The van der Waals surface area contributed by atoms with E-state index in [0.717, 1.165) is 68.2 Å². The van der Waals surface area contributed by atoms with Crippen molar-refractivity contribution in [1.82, 2.24) is 14.9 Å². The van der Waals surface area contributed by atoms with Crippen molar-refractivity contribution >= 4 is 11.7 Å². The maximum atomic E-state index is 13.7. The van der Waals surface area contributed by atoms with Crippen molar-refractivity contribution in [3.63, 3.8) is 0 Å². The molecule has 38 heavy (non-hydrogen) atoms. The van der Waals surface area contributed by atoms with Crippen molar-refractivity contribution in [2.45, 2.75) is 69.9 Å². The largest absolute Gasteiger partial charge is 0.493 e. The number of nitrogens with zero attached hydrogens (tertiary/aromatic N) is 2. The maximum Gasteiger partial charge on any atom is 0.297 e. The zero-order valence-electron chi connectivity index (χ0n) is 21.9. The van der Waals surface area contributed by atoms with Crippen LogP contribution in [0, 0.1) is 6.92 Å². The molecule has 1 heterocycles. The molecular formula is C30H36N4O4. The Bertz CT molecular complexity index is 1340. The van der Waals surface area contributed by atoms with E-state index >= 15 is 0 Å². The number of carbonyl (C=O) groups is 1. The van der Waals surface area contributed by atoms with Gasteiger partial charge >= 0.3 is 0 Å². The van der Waals surface area contributed by atoms with Gasteiger partial charge in [0.1, 0.15) is 5.75 Å². The Morgan fingerprint density at radius 1 is 1.16 bits per heavy atom. The first-order valence-corrected chi connectivity index (χ1v) is 13.6. The summed E-state index contributed by atoms with van der Waals surface area (Å²) in [5.74, 6) is 0.970. The minimum absolute atomic E-state index is 0.115. The SMILES string of the molecule is Cc1ccc(C(=O)NC2CC2)cc1-n1ccnc(NC2(c3ccccc3OCCCCCO)CCC2)c1=O. The highest BCUT2D eigenvalue weighted by Crippen LogP contribution is 2.46. The van der Waals surface area contributed by atoms with Crippen LogP contribution in [-0.4, -0.2) is 39.8 Å². The molecule has 2 aliphatic rings. The fourth-order valence-corrected chi connectivity index (χ4v) is 4.97. The zero-order valence-corrected chi connectivity index (χ0v) is 21.9. The number of unbranched alkanes of at least 4 members (excludes halogenated alkanes) is 2. The van der Waals surface area contributed by atoms with Crippen LogP contribution >= 0.6 is 0 Å². The fraction of sp³-hybridized carbons (Fsp3) is 0.433. The molecule has 0 bridgehead atoms. The first-order valence-electron chi connectivity index (χ1n) is 13.6. The number of carbonyl (C=O) groups excluding carboxylic acids is 1. The van der Waals surface area contributed by atoms with E-state index in [-0.39, 0.29) is 29.9 Å². The second-order valence-corrected chi connectivity index (χ2v) is 10.4. The van der Waals surface area contributed by atoms with Gasteiger partial charge in [0.05, 0.1) is 17.8 Å². The third kappa shape index (κ3) is 5.60. The van der Waals surface area contributed by atoms with Crippen molar-refractivity contribution in [1.29, 1.82) is 0 Å². The molecule has 1 amide bonds. The lowest BCUT2D eigenvalue weighted by Gasteiger charge is -2.44. The van der Waals surface area contributed by atoms with E-state index in [1.54, 1.807) is 29.1 Å². The van der Waals surface area contributed by atoms with Crippen LogP contribution in [0.4, 0.5) is 5.82 Å². The second-order valence-electron chi connectivity index (χ2n) is 10.4. The van der Waals surface area contributed by atoms with Crippen LogP contribution < -0.4 is 20.9 Å². The van der Waals surface area contributed by atoms with Crippen molar-refractivity contribution < 1.29 is 14.6 Å². The molecule has 0 saturated heterocycles. The zero-order chi connectivity index (χ0) is 26.5. The monoisotopic (exact) mass is 516 g/mol. The molecule has 8 nitrogen and oxygen atoms in total. The summed E-state index contributed by atoms with van der Waals surface area (Å²) in [6.07, 6.45) is 10.6. The van der Waals surface area contributed by atoms with Gasteiger partial charge in [0, 0.05) is 36.2 Å². The summed E-state index contributed by atoms with van der Waals surface area (Å²) >= 11 is 0. The number of aliphatic hydroxyl groups excluding tert-OH is 1. The number of benzene rings is 2. The van der Waals surface area contributed by atoms with Crippen molar-refractivity contribution in [2.75, 3.05) is 18.5 Å². The molecule has 0 atom stereocenters. The minimum atomic E-state index is -0.436. The predicted octanol–water partition coefficient (Wildman–Crippen LogP) is 4.47. The molecule has 0 radical (unpaired) electrons. The number of hydrogen-bond donors (Lipinski definition) is 3. The summed E-state index contributed by atoms with van der Waals surface area (Å²) in [5.41, 5.74) is 2.43. The molecule has 2 fully saturated rings. The van der Waals surface area contributed by atoms with Crippen LogP contribution in [0.25, 0.3) is 5.69 Å². The lowest BCUT2D eigenvalue weighted by molar-refractivity contribution is 0.0951. The smallest absolute Gasteiger partial charge is 0.297 e. The minimum Gasteiger partial charge on any atom is -0.493 e. The molecular weight excluding hydrogens is 480 g/mol. The van der Waals surface area contributed by atoms with Crippen LogP contribution in [0.2, 0.25) is 0 Å². The lowest BCUT2D eigenvalue weighted by Crippen LogP contribution is -2.44. The molecule has 8 heteroatoms. The molecule has 2 aliphatic carbocycles. The highest BCUT2D eigenvalue weighted by Gasteiger charge is 2.41. The summed E-state index contributed by atoms with van der Waals surface area (Å²) in [5, 5.41) is 15.5. The molecule has 3 N–H and O–H groups in total. The van der Waals surface area contributed by atoms with E-state index in [0.29, 0.717) is 17.9 Å². The van der Waals surface area contributed by atoms with Gasteiger partial charge in [-0.3, -0.25) is 14.2 Å². The van der Waals surface area contributed by atoms with Gasteiger partial charge in [-0.1, -0.05) is 24.3 Å². The Morgan fingerprint density at radius 3 is 2.71 bits per heavy atom. The Kier molecular flexibility index (Phi) is 7.79. The second kappa shape index (κ2) is 11.4. The summed E-state index contributed by atoms with van der Waals surface area (Å²) < 4.78 is 7.71. The lowest BCUT2D eigenvalue weighted by atomic mass is 9.71. The average molecular weight is 517 g/mol. The van der Waals surface area contributed by atoms with Gasteiger partial charge in [-0.05, 0) is 82.1 Å². The molecule has 0 aliphatic heterocycles. The first kappa shape index (κ1) is 26.0. The average Bonchev–Trinajstić information content (AvgIpc) is 3.72. The van der Waals surface area contributed by atoms with Crippen molar-refractivity contribution in [3.8, 4) is 11.4 Å². The first-order chi connectivity index (χ1) is 18.5. The van der Waals surface area contributed by atoms with Crippen LogP contribution in [-0.2, 0) is 5.54 Å². The van der Waals surface area contributed by atoms with Gasteiger partial charge in [0.15, 0.2) is 5.82 Å². The van der Waals surface area contributed by atoms with Gasteiger partial charge in [-0.2, -0.15) is 0 Å². The van der Waals surface area contributed by atoms with Crippen LogP contribution in [0.3, 0.4) is 0 Å². The molecule has 2 aromatic carbocycles. The number of aromatic nitrogens is 2. The van der Waals surface area contributed by atoms with Crippen molar-refractivity contribution in [3.05, 3.63) is 81.9 Å². The molecule has 3 aromatic rings. The molecule has 5 rings (SSSR count). The molecule has 1 aromatic heterocycles. The van der Waals surface area contributed by atoms with Crippen LogP contribution in [0.5, 0.6) is 5.75 Å². The fourth-order valence-electron chi connectivity index (χ4n) is 4.97. The highest BCUT2D eigenvalue weighted by molar-refractivity contribution is 5.95. The van der Waals surface area contributed by atoms with E-state index in [9.17, 15) is 9.59 Å². The van der Waals surface area contributed by atoms with E-state index in [4.69, 9.17) is 9.84 Å². The summed E-state index contributed by atoms with van der Waals surface area (Å²) in [4.78, 5) is 30.8. The van der Waals surface area contributed by atoms with Gasteiger partial charge in [-0.25, -0.2) is 4.98 Å². The van der Waals surface area contributed by atoms with Crippen LogP contribution in [0.1, 0.15) is 72.9 Å². The Balaban J connectivity index is 1.40. The third-order valence-electron chi connectivity index (χ3n) is 7.51. The van der Waals surface area contributed by atoms with E-state index in [1.807, 2.05) is 31.2 Å². The summed E-state index contributed by atoms with van der Waals surface area (Å²) in [7, 11) is 0. The van der Waals surface area contributed by atoms with Gasteiger partial charge in [-0.15, -0.1) is 0 Å². The topological polar surface area (TPSA) is 105 Å². The van der Waals surface area contributed by atoms with E-state index in [2.05, 4.69) is 21.7 Å². The van der Waals surface area contributed by atoms with Crippen LogP contribution in [0.15, 0.2) is 59.7 Å². The number of rotatable bonds is 12. The highest BCUT2D eigenvalue weighted by atomic mass is 16.5. The number of amides is 1. The number of hydrogen-bond acceptors (Lipinski definition) is 6. The number of anilines is 1. The quantitative estimate of drug-likeness (QED) is 0.307. The standard InChI is InChI=1S/C30H36N4O4/c1-21-10-11-22(28(36)32-23-12-13-23)20-25(21)34-17-16-31-27(29(34)37)33-30(14-7-15-30)24-8-3-4-9-26(24)38-19-6-2-5-18-35/h3-4,8-11,16-17,20,23,35H,2,5-7,12-15,18-19H2,1H3,(H,31,33)(H,32,36). The molecule has 2 saturated carbocycles. The number of aliphatic hydroxyl groups is 1.